The summed E-state index contributed by atoms with van der Waals surface area (Å²) in [6.45, 7) is 3.67. The van der Waals surface area contributed by atoms with E-state index in [0.717, 1.165) is 30.8 Å². The minimum Gasteiger partial charge on any atom is -0.463 e. The third kappa shape index (κ3) is 3.16. The molecule has 0 aliphatic heterocycles. The fourth-order valence-corrected chi connectivity index (χ4v) is 1.73. The van der Waals surface area contributed by atoms with Gasteiger partial charge in [0.05, 0.1) is 6.61 Å². The molecule has 2 aliphatic carbocycles. The van der Waals surface area contributed by atoms with E-state index in [0.29, 0.717) is 6.01 Å². The van der Waals surface area contributed by atoms with Crippen molar-refractivity contribution in [1.29, 1.82) is 0 Å². The molecule has 1 heterocycles. The number of nitrogens with zero attached hydrogens (tertiary/aromatic N) is 2. The van der Waals surface area contributed by atoms with Gasteiger partial charge in [0.15, 0.2) is 0 Å². The molecule has 3 rings (SSSR count). The first-order valence-electron chi connectivity index (χ1n) is 6.50. The van der Waals surface area contributed by atoms with Crippen LogP contribution < -0.4 is 10.1 Å². The first kappa shape index (κ1) is 11.0. The number of aromatic nitrogens is 2. The molecule has 17 heavy (non-hydrogen) atoms. The summed E-state index contributed by atoms with van der Waals surface area (Å²) in [6.07, 6.45) is 7.09. The van der Waals surface area contributed by atoms with Crippen molar-refractivity contribution in [1.82, 2.24) is 15.3 Å². The maximum absolute atomic E-state index is 5.56. The number of aryl methyl sites for hydroxylation is 1. The summed E-state index contributed by atoms with van der Waals surface area (Å²) in [4.78, 5) is 8.66. The molecule has 2 fully saturated rings. The van der Waals surface area contributed by atoms with Crippen LogP contribution in [0.25, 0.3) is 0 Å². The van der Waals surface area contributed by atoms with Crippen LogP contribution >= 0.6 is 0 Å². The van der Waals surface area contributed by atoms with Crippen molar-refractivity contribution < 1.29 is 4.74 Å². The lowest BCUT2D eigenvalue weighted by molar-refractivity contribution is 0.275. The lowest BCUT2D eigenvalue weighted by Crippen LogP contribution is -2.17. The summed E-state index contributed by atoms with van der Waals surface area (Å²) >= 11 is 0. The highest BCUT2D eigenvalue weighted by Crippen LogP contribution is 2.29. The Balaban J connectivity index is 1.56. The van der Waals surface area contributed by atoms with Gasteiger partial charge in [-0.25, -0.2) is 9.97 Å². The van der Waals surface area contributed by atoms with E-state index in [4.69, 9.17) is 4.74 Å². The normalized spacial score (nSPS) is 19.4. The molecule has 0 saturated heterocycles. The van der Waals surface area contributed by atoms with Crippen LogP contribution in [0.3, 0.4) is 0 Å². The zero-order valence-electron chi connectivity index (χ0n) is 10.3. The van der Waals surface area contributed by atoms with Gasteiger partial charge in [-0.3, -0.25) is 0 Å². The fourth-order valence-electron chi connectivity index (χ4n) is 1.73. The number of rotatable bonds is 6. The molecular formula is C13H19N3O. The van der Waals surface area contributed by atoms with Crippen LogP contribution in [0.4, 0.5) is 0 Å². The van der Waals surface area contributed by atoms with Gasteiger partial charge in [-0.05, 0) is 38.5 Å². The Hall–Kier alpha value is -1.16. The third-order valence-corrected chi connectivity index (χ3v) is 3.36. The first-order valence-corrected chi connectivity index (χ1v) is 6.50. The van der Waals surface area contributed by atoms with Crippen molar-refractivity contribution in [2.45, 2.75) is 45.2 Å². The van der Waals surface area contributed by atoms with Crippen molar-refractivity contribution in [2.75, 3.05) is 6.61 Å². The molecule has 0 atom stereocenters. The Kier molecular flexibility index (Phi) is 2.97. The summed E-state index contributed by atoms with van der Waals surface area (Å²) in [6, 6.07) is 1.25. The molecule has 4 nitrogen and oxygen atoms in total. The molecule has 0 bridgehead atoms. The van der Waals surface area contributed by atoms with Crippen molar-refractivity contribution >= 4 is 0 Å². The summed E-state index contributed by atoms with van der Waals surface area (Å²) in [7, 11) is 0. The second-order valence-corrected chi connectivity index (χ2v) is 5.17. The van der Waals surface area contributed by atoms with E-state index in [1.54, 1.807) is 0 Å². The van der Waals surface area contributed by atoms with E-state index in [1.165, 1.54) is 31.2 Å². The maximum Gasteiger partial charge on any atom is 0.316 e. The predicted octanol–water partition coefficient (Wildman–Crippen LogP) is 1.83. The molecule has 0 aromatic carbocycles. The quantitative estimate of drug-likeness (QED) is 0.814. The van der Waals surface area contributed by atoms with Crippen LogP contribution in [0.15, 0.2) is 6.20 Å². The van der Waals surface area contributed by atoms with Crippen molar-refractivity contribution in [3.8, 4) is 6.01 Å². The monoisotopic (exact) mass is 233 g/mol. The van der Waals surface area contributed by atoms with Crippen molar-refractivity contribution in [3.63, 3.8) is 0 Å². The molecule has 2 saturated carbocycles. The molecule has 1 aromatic rings. The minimum atomic E-state index is 0.532. The van der Waals surface area contributed by atoms with Gasteiger partial charge >= 0.3 is 6.01 Å². The van der Waals surface area contributed by atoms with Gasteiger partial charge in [0.2, 0.25) is 0 Å². The highest BCUT2D eigenvalue weighted by molar-refractivity contribution is 5.18. The summed E-state index contributed by atoms with van der Waals surface area (Å²) in [5.41, 5.74) is 2.20. The van der Waals surface area contributed by atoms with Crippen molar-refractivity contribution in [2.24, 2.45) is 5.92 Å². The van der Waals surface area contributed by atoms with Gasteiger partial charge in [0, 0.05) is 30.0 Å². The molecule has 1 aromatic heterocycles. The average molecular weight is 233 g/mol. The van der Waals surface area contributed by atoms with Crippen molar-refractivity contribution in [3.05, 3.63) is 17.5 Å². The Morgan fingerprint density at radius 1 is 1.35 bits per heavy atom. The molecule has 1 N–H and O–H groups in total. The van der Waals surface area contributed by atoms with E-state index in [1.807, 2.05) is 13.1 Å². The summed E-state index contributed by atoms with van der Waals surface area (Å²) < 4.78 is 5.56. The number of ether oxygens (including phenoxy) is 1. The first-order chi connectivity index (χ1) is 8.31. The Morgan fingerprint density at radius 3 is 2.82 bits per heavy atom. The second-order valence-electron chi connectivity index (χ2n) is 5.17. The zero-order valence-corrected chi connectivity index (χ0v) is 10.3. The molecule has 0 spiro atoms. The molecular weight excluding hydrogens is 214 g/mol. The van der Waals surface area contributed by atoms with E-state index in [2.05, 4.69) is 15.3 Å². The van der Waals surface area contributed by atoms with Gasteiger partial charge in [-0.2, -0.15) is 0 Å². The van der Waals surface area contributed by atoms with Crippen LogP contribution in [0.1, 0.15) is 36.9 Å². The van der Waals surface area contributed by atoms with E-state index in [-0.39, 0.29) is 0 Å². The molecule has 92 valence electrons. The molecule has 4 heteroatoms. The third-order valence-electron chi connectivity index (χ3n) is 3.36. The Morgan fingerprint density at radius 2 is 2.18 bits per heavy atom. The van der Waals surface area contributed by atoms with Gasteiger partial charge in [0.25, 0.3) is 0 Å². The van der Waals surface area contributed by atoms with E-state index < -0.39 is 0 Å². The molecule has 0 unspecified atom stereocenters. The van der Waals surface area contributed by atoms with Gasteiger partial charge in [0.1, 0.15) is 0 Å². The number of hydrogen-bond acceptors (Lipinski definition) is 4. The van der Waals surface area contributed by atoms with Crippen LogP contribution in [0.2, 0.25) is 0 Å². The maximum atomic E-state index is 5.56. The lowest BCUT2D eigenvalue weighted by Gasteiger charge is -2.08. The van der Waals surface area contributed by atoms with Crippen LogP contribution in [-0.2, 0) is 6.54 Å². The summed E-state index contributed by atoms with van der Waals surface area (Å²) in [5.74, 6) is 0.745. The zero-order chi connectivity index (χ0) is 11.7. The van der Waals surface area contributed by atoms with Crippen LogP contribution in [0.5, 0.6) is 6.01 Å². The highest BCUT2D eigenvalue weighted by atomic mass is 16.5. The molecule has 0 amide bonds. The minimum absolute atomic E-state index is 0.532. The number of nitrogens with one attached hydrogen (secondary N) is 1. The van der Waals surface area contributed by atoms with Gasteiger partial charge < -0.3 is 10.1 Å². The Labute approximate surface area is 102 Å². The average Bonchev–Trinajstić information content (AvgIpc) is 3.18. The lowest BCUT2D eigenvalue weighted by atomic mass is 10.2. The van der Waals surface area contributed by atoms with E-state index in [9.17, 15) is 0 Å². The standard InChI is InChI=1S/C13H19N3O/c1-9-11(6-14-12-4-5-12)7-15-13(16-9)17-8-10-2-3-10/h7,10,12,14H,2-6,8H2,1H3. The molecule has 2 aliphatic rings. The molecule has 0 radical (unpaired) electrons. The van der Waals surface area contributed by atoms with Crippen LogP contribution in [-0.4, -0.2) is 22.6 Å². The van der Waals surface area contributed by atoms with Crippen LogP contribution in [0, 0.1) is 12.8 Å². The Bertz CT molecular complexity index is 400. The second kappa shape index (κ2) is 4.61. The number of hydrogen-bond donors (Lipinski definition) is 1. The van der Waals surface area contributed by atoms with Gasteiger partial charge in [-0.1, -0.05) is 0 Å². The topological polar surface area (TPSA) is 47.0 Å². The highest BCUT2D eigenvalue weighted by Gasteiger charge is 2.23. The smallest absolute Gasteiger partial charge is 0.316 e. The van der Waals surface area contributed by atoms with E-state index >= 15 is 0 Å². The SMILES string of the molecule is Cc1nc(OCC2CC2)ncc1CNC1CC1. The van der Waals surface area contributed by atoms with Gasteiger partial charge in [-0.15, -0.1) is 0 Å². The fraction of sp³-hybridized carbons (Fsp3) is 0.692. The predicted molar refractivity (Wildman–Crippen MR) is 64.8 cm³/mol. The largest absolute Gasteiger partial charge is 0.463 e. The summed E-state index contributed by atoms with van der Waals surface area (Å²) in [5, 5.41) is 3.47.